The first-order valence-corrected chi connectivity index (χ1v) is 15.9. The molecule has 1 aliphatic rings. The van der Waals surface area contributed by atoms with Crippen molar-refractivity contribution in [1.82, 2.24) is 14.1 Å². The normalized spacial score (nSPS) is 13.1. The molecule has 0 radical (unpaired) electrons. The lowest BCUT2D eigenvalue weighted by molar-refractivity contribution is 0.610. The zero-order chi connectivity index (χ0) is 31.3. The molecule has 1 atom stereocenters. The highest BCUT2D eigenvalue weighted by molar-refractivity contribution is 6.10. The van der Waals surface area contributed by atoms with Gasteiger partial charge in [0.15, 0.2) is 6.29 Å². The van der Waals surface area contributed by atoms with E-state index >= 15 is 0 Å². The number of hydrogen-bond acceptors (Lipinski definition) is 4. The van der Waals surface area contributed by atoms with Crippen molar-refractivity contribution in [3.05, 3.63) is 151 Å². The van der Waals surface area contributed by atoms with Crippen molar-refractivity contribution in [3.8, 4) is 27.9 Å². The Balaban J connectivity index is 1.10. The van der Waals surface area contributed by atoms with Crippen molar-refractivity contribution >= 4 is 50.4 Å². The molecule has 0 fully saturated rings. The number of nitrogens with one attached hydrogen (secondary N) is 2. The van der Waals surface area contributed by atoms with Crippen LogP contribution < -0.4 is 16.4 Å². The van der Waals surface area contributed by atoms with Crippen LogP contribution >= 0.6 is 0 Å². The topological polar surface area (TPSA) is 72.8 Å². The van der Waals surface area contributed by atoms with Crippen LogP contribution in [0.2, 0.25) is 0 Å². The van der Waals surface area contributed by atoms with Gasteiger partial charge in [0.25, 0.3) is 0 Å². The molecule has 0 amide bonds. The van der Waals surface area contributed by atoms with E-state index < -0.39 is 6.29 Å². The third-order valence-corrected chi connectivity index (χ3v) is 9.19. The van der Waals surface area contributed by atoms with Crippen LogP contribution in [0.25, 0.3) is 66.7 Å². The molecule has 6 nitrogen and oxygen atoms in total. The van der Waals surface area contributed by atoms with Gasteiger partial charge < -0.3 is 15.2 Å². The first-order valence-electron chi connectivity index (χ1n) is 15.9. The number of aromatic nitrogens is 3. The fourth-order valence-corrected chi connectivity index (χ4v) is 7.09. The highest BCUT2D eigenvalue weighted by atomic mass is 15.3. The van der Waals surface area contributed by atoms with Crippen LogP contribution in [-0.4, -0.2) is 20.7 Å². The van der Waals surface area contributed by atoms with Gasteiger partial charge in [0.1, 0.15) is 11.6 Å². The lowest BCUT2D eigenvalue weighted by Gasteiger charge is -2.23. The number of hydrogen-bond donors (Lipinski definition) is 3. The van der Waals surface area contributed by atoms with Gasteiger partial charge in [0, 0.05) is 45.7 Å². The monoisotopic (exact) mass is 608 g/mol. The molecule has 0 spiro atoms. The molecule has 0 saturated heterocycles. The summed E-state index contributed by atoms with van der Waals surface area (Å²) in [6.45, 7) is 0.760. The van der Waals surface area contributed by atoms with Gasteiger partial charge in [0.2, 0.25) is 0 Å². The van der Waals surface area contributed by atoms with Crippen LogP contribution in [0.3, 0.4) is 0 Å². The number of para-hydroxylation sites is 3. The van der Waals surface area contributed by atoms with Crippen LogP contribution in [0.15, 0.2) is 146 Å². The summed E-state index contributed by atoms with van der Waals surface area (Å²) in [5.74, 6) is 1.74. The molecule has 8 aromatic rings. The maximum atomic E-state index is 6.92. The Bertz CT molecular complexity index is 2470. The van der Waals surface area contributed by atoms with E-state index in [0.717, 1.165) is 57.2 Å². The highest BCUT2D eigenvalue weighted by Crippen LogP contribution is 2.38. The molecule has 3 aromatic heterocycles. The second-order valence-corrected chi connectivity index (χ2v) is 11.9. The Hall–Kier alpha value is -6.11. The van der Waals surface area contributed by atoms with Crippen molar-refractivity contribution in [3.63, 3.8) is 0 Å². The molecular weight excluding hydrogens is 576 g/mol. The summed E-state index contributed by atoms with van der Waals surface area (Å²) in [5, 5.41) is 10.7. The fraction of sp³-hybridized carbons (Fsp3) is 0.0488. The number of rotatable bonds is 6. The molecule has 226 valence electrons. The number of pyridine rings is 1. The Morgan fingerprint density at radius 2 is 1.40 bits per heavy atom. The molecule has 0 saturated carbocycles. The van der Waals surface area contributed by atoms with Crippen molar-refractivity contribution in [2.45, 2.75) is 6.29 Å². The molecule has 9 rings (SSSR count). The van der Waals surface area contributed by atoms with E-state index in [2.05, 4.69) is 159 Å². The van der Waals surface area contributed by atoms with Gasteiger partial charge in [-0.3, -0.25) is 10.3 Å². The smallest absolute Gasteiger partial charge is 0.159 e. The molecular formula is C41H32N6. The number of fused-ring (bicyclic) bond motifs is 6. The second kappa shape index (κ2) is 11.1. The van der Waals surface area contributed by atoms with Crippen molar-refractivity contribution in [2.24, 2.45) is 5.73 Å². The van der Waals surface area contributed by atoms with E-state index in [9.17, 15) is 0 Å². The zero-order valence-electron chi connectivity index (χ0n) is 25.6. The van der Waals surface area contributed by atoms with Crippen molar-refractivity contribution < 1.29 is 0 Å². The molecule has 0 aliphatic carbocycles. The van der Waals surface area contributed by atoms with Gasteiger partial charge in [-0.1, -0.05) is 91.0 Å². The van der Waals surface area contributed by atoms with Crippen molar-refractivity contribution in [1.29, 1.82) is 0 Å². The lowest BCUT2D eigenvalue weighted by atomic mass is 9.98. The molecule has 47 heavy (non-hydrogen) atoms. The predicted octanol–water partition coefficient (Wildman–Crippen LogP) is 9.43. The Morgan fingerprint density at radius 1 is 0.660 bits per heavy atom. The minimum absolute atomic E-state index is 0.538. The van der Waals surface area contributed by atoms with Crippen molar-refractivity contribution in [2.75, 3.05) is 17.2 Å². The quantitative estimate of drug-likeness (QED) is 0.164. The van der Waals surface area contributed by atoms with E-state index in [4.69, 9.17) is 10.7 Å². The van der Waals surface area contributed by atoms with Gasteiger partial charge in [-0.05, 0) is 71.3 Å². The average Bonchev–Trinajstić information content (AvgIpc) is 3.65. The maximum Gasteiger partial charge on any atom is 0.159 e. The van der Waals surface area contributed by atoms with Gasteiger partial charge >= 0.3 is 0 Å². The first-order chi connectivity index (χ1) is 23.2. The Morgan fingerprint density at radius 3 is 2.30 bits per heavy atom. The maximum absolute atomic E-state index is 6.92. The van der Waals surface area contributed by atoms with E-state index in [1.54, 1.807) is 0 Å². The van der Waals surface area contributed by atoms with Crippen LogP contribution in [0.4, 0.5) is 11.6 Å². The summed E-state index contributed by atoms with van der Waals surface area (Å²) in [7, 11) is 0. The van der Waals surface area contributed by atoms with Crippen LogP contribution in [-0.2, 0) is 0 Å². The Kier molecular flexibility index (Phi) is 6.40. The largest absolute Gasteiger partial charge is 0.367 e. The first kappa shape index (κ1) is 27.2. The SMILES string of the molecule is NC(Nc1ncccc1-c1cccc(-c2ccc3c(c2)c2ccccc2n3-c2ccccc2)c1)n1c2c(c3ccccc31)C=CCN2. The van der Waals surface area contributed by atoms with Gasteiger partial charge in [-0.15, -0.1) is 0 Å². The molecule has 4 heterocycles. The standard InChI is InChI=1S/C41H32N6/c42-41(47-37-20-7-4-15-32(37)34-18-10-24-44-40(34)47)45-39-31(17-9-23-43-39)29-12-8-11-27(25-29)28-21-22-38-35(26-28)33-16-5-6-19-36(33)46(38)30-13-2-1-3-14-30/h1-23,25-26,41,44H,24,42H2,(H,43,45). The molecule has 4 N–H and O–H groups in total. The van der Waals surface area contributed by atoms with Gasteiger partial charge in [-0.2, -0.15) is 0 Å². The summed E-state index contributed by atoms with van der Waals surface area (Å²) in [6, 6.07) is 47.1. The van der Waals surface area contributed by atoms with E-state index in [1.165, 1.54) is 27.2 Å². The van der Waals surface area contributed by atoms with E-state index in [1.807, 2.05) is 12.3 Å². The molecule has 5 aromatic carbocycles. The second-order valence-electron chi connectivity index (χ2n) is 11.9. The third-order valence-electron chi connectivity index (χ3n) is 9.19. The summed E-state index contributed by atoms with van der Waals surface area (Å²) < 4.78 is 4.47. The minimum atomic E-state index is -0.538. The lowest BCUT2D eigenvalue weighted by Crippen LogP contribution is -2.29. The van der Waals surface area contributed by atoms with Crippen LogP contribution in [0, 0.1) is 0 Å². The van der Waals surface area contributed by atoms with Crippen LogP contribution in [0.5, 0.6) is 0 Å². The molecule has 1 unspecified atom stereocenters. The number of benzene rings is 5. The summed E-state index contributed by atoms with van der Waals surface area (Å²) >= 11 is 0. The summed E-state index contributed by atoms with van der Waals surface area (Å²) in [4.78, 5) is 4.76. The van der Waals surface area contributed by atoms with E-state index in [-0.39, 0.29) is 0 Å². The van der Waals surface area contributed by atoms with Crippen LogP contribution in [0.1, 0.15) is 11.9 Å². The van der Waals surface area contributed by atoms with Gasteiger partial charge in [-0.25, -0.2) is 4.98 Å². The number of nitrogens with two attached hydrogens (primary N) is 1. The Labute approximate surface area is 272 Å². The number of nitrogens with zero attached hydrogens (tertiary/aromatic N) is 3. The molecule has 6 heteroatoms. The number of anilines is 2. The van der Waals surface area contributed by atoms with E-state index in [0.29, 0.717) is 0 Å². The fourth-order valence-electron chi connectivity index (χ4n) is 7.09. The zero-order valence-corrected chi connectivity index (χ0v) is 25.6. The highest BCUT2D eigenvalue weighted by Gasteiger charge is 2.22. The average molecular weight is 609 g/mol. The van der Waals surface area contributed by atoms with Gasteiger partial charge in [0.05, 0.1) is 16.6 Å². The molecule has 0 bridgehead atoms. The minimum Gasteiger partial charge on any atom is -0.367 e. The molecule has 1 aliphatic heterocycles. The third kappa shape index (κ3) is 4.49. The summed E-state index contributed by atoms with van der Waals surface area (Å²) in [6.07, 6.45) is 5.58. The predicted molar refractivity (Wildman–Crippen MR) is 196 cm³/mol. The summed E-state index contributed by atoms with van der Waals surface area (Å²) in [5.41, 5.74) is 17.0.